The molecule has 0 atom stereocenters. The number of hydrazine groups is 1. The van der Waals surface area contributed by atoms with E-state index in [1.165, 1.54) is 0 Å². The molecule has 0 unspecified atom stereocenters. The number of ether oxygens (including phenoxy) is 1. The molecule has 1 fully saturated rings. The minimum atomic E-state index is -0.358. The van der Waals surface area contributed by atoms with E-state index in [1.807, 2.05) is 4.90 Å². The van der Waals surface area contributed by atoms with Gasteiger partial charge in [0.05, 0.1) is 13.2 Å². The Kier molecular flexibility index (Phi) is 5.36. The Morgan fingerprint density at radius 1 is 1.28 bits per heavy atom. The molecule has 0 saturated carbocycles. The van der Waals surface area contributed by atoms with Crippen LogP contribution in [-0.2, 0) is 11.3 Å². The number of hydrogen-bond acceptors (Lipinski definition) is 6. The van der Waals surface area contributed by atoms with E-state index < -0.39 is 0 Å². The second kappa shape index (κ2) is 7.86. The van der Waals surface area contributed by atoms with Crippen molar-refractivity contribution in [3.63, 3.8) is 0 Å². The molecule has 0 radical (unpaired) electrons. The van der Waals surface area contributed by atoms with Gasteiger partial charge in [0.15, 0.2) is 5.96 Å². The van der Waals surface area contributed by atoms with Crippen LogP contribution in [0.3, 0.4) is 0 Å². The van der Waals surface area contributed by atoms with E-state index in [9.17, 15) is 4.39 Å². The summed E-state index contributed by atoms with van der Waals surface area (Å²) in [7, 11) is 0. The number of guanidine groups is 1. The summed E-state index contributed by atoms with van der Waals surface area (Å²) in [4.78, 5) is 10.7. The van der Waals surface area contributed by atoms with Crippen LogP contribution in [0.2, 0.25) is 0 Å². The van der Waals surface area contributed by atoms with Gasteiger partial charge in [-0.25, -0.2) is 19.8 Å². The number of rotatable bonds is 5. The van der Waals surface area contributed by atoms with Crippen LogP contribution in [0.1, 0.15) is 5.56 Å². The predicted octanol–water partition coefficient (Wildman–Crippen LogP) is 0.607. The SMILES string of the molecule is N=C(N)NNCc1cccc(-c2cnc(N3CCOCC3)nc2)c1F. The fourth-order valence-corrected chi connectivity index (χ4v) is 2.56. The number of halogens is 1. The zero-order valence-corrected chi connectivity index (χ0v) is 13.6. The molecule has 25 heavy (non-hydrogen) atoms. The molecule has 1 saturated heterocycles. The van der Waals surface area contributed by atoms with Gasteiger partial charge < -0.3 is 15.4 Å². The minimum absolute atomic E-state index is 0.186. The highest BCUT2D eigenvalue weighted by atomic mass is 19.1. The minimum Gasteiger partial charge on any atom is -0.378 e. The number of aromatic nitrogens is 2. The normalized spacial score (nSPS) is 14.4. The van der Waals surface area contributed by atoms with Crippen LogP contribution in [0, 0.1) is 11.2 Å². The Morgan fingerprint density at radius 3 is 2.68 bits per heavy atom. The smallest absolute Gasteiger partial charge is 0.225 e. The van der Waals surface area contributed by atoms with E-state index in [0.717, 1.165) is 13.1 Å². The lowest BCUT2D eigenvalue weighted by Gasteiger charge is -2.26. The van der Waals surface area contributed by atoms with E-state index in [1.54, 1.807) is 30.6 Å². The van der Waals surface area contributed by atoms with E-state index in [0.29, 0.717) is 35.9 Å². The summed E-state index contributed by atoms with van der Waals surface area (Å²) >= 11 is 0. The molecule has 3 rings (SSSR count). The molecule has 1 aliphatic heterocycles. The lowest BCUT2D eigenvalue weighted by molar-refractivity contribution is 0.122. The molecule has 132 valence electrons. The number of anilines is 1. The monoisotopic (exact) mass is 345 g/mol. The van der Waals surface area contributed by atoms with Crippen molar-refractivity contribution in [1.29, 1.82) is 5.41 Å². The Hall–Kier alpha value is -2.78. The van der Waals surface area contributed by atoms with Crippen LogP contribution in [0.4, 0.5) is 10.3 Å². The highest BCUT2D eigenvalue weighted by molar-refractivity contribution is 5.73. The number of nitrogens with two attached hydrogens (primary N) is 1. The molecule has 9 heteroatoms. The average Bonchev–Trinajstić information content (AvgIpc) is 2.64. The molecule has 1 aromatic heterocycles. The van der Waals surface area contributed by atoms with E-state index in [2.05, 4.69) is 20.8 Å². The van der Waals surface area contributed by atoms with Crippen LogP contribution in [-0.4, -0.2) is 42.2 Å². The first kappa shape index (κ1) is 17.1. The zero-order chi connectivity index (χ0) is 17.6. The van der Waals surface area contributed by atoms with Crippen LogP contribution < -0.4 is 21.5 Å². The highest BCUT2D eigenvalue weighted by Gasteiger charge is 2.15. The third kappa shape index (κ3) is 4.20. The maximum absolute atomic E-state index is 14.7. The molecule has 0 bridgehead atoms. The van der Waals surface area contributed by atoms with Gasteiger partial charge in [-0.15, -0.1) is 0 Å². The van der Waals surface area contributed by atoms with Crippen molar-refractivity contribution in [1.82, 2.24) is 20.8 Å². The lowest BCUT2D eigenvalue weighted by atomic mass is 10.0. The number of nitrogens with zero attached hydrogens (tertiary/aromatic N) is 3. The van der Waals surface area contributed by atoms with E-state index in [4.69, 9.17) is 15.9 Å². The third-order valence-corrected chi connectivity index (χ3v) is 3.82. The van der Waals surface area contributed by atoms with Gasteiger partial charge in [-0.1, -0.05) is 18.2 Å². The number of benzene rings is 1. The molecule has 0 amide bonds. The molecule has 2 heterocycles. The quantitative estimate of drug-likeness (QED) is 0.357. The van der Waals surface area contributed by atoms with Gasteiger partial charge in [0.2, 0.25) is 5.95 Å². The van der Waals surface area contributed by atoms with Crippen molar-refractivity contribution in [2.75, 3.05) is 31.2 Å². The first-order valence-corrected chi connectivity index (χ1v) is 7.90. The Labute approximate surface area is 144 Å². The summed E-state index contributed by atoms with van der Waals surface area (Å²) in [5.74, 6) is 0.0303. The van der Waals surface area contributed by atoms with Crippen molar-refractivity contribution >= 4 is 11.9 Å². The molecule has 2 aromatic rings. The van der Waals surface area contributed by atoms with Crippen molar-refractivity contribution < 1.29 is 9.13 Å². The van der Waals surface area contributed by atoms with Crippen LogP contribution in [0.25, 0.3) is 11.1 Å². The maximum atomic E-state index is 14.7. The van der Waals surface area contributed by atoms with Gasteiger partial charge >= 0.3 is 0 Å². The lowest BCUT2D eigenvalue weighted by Crippen LogP contribution is -2.41. The summed E-state index contributed by atoms with van der Waals surface area (Å²) < 4.78 is 20.0. The molecule has 8 nitrogen and oxygen atoms in total. The summed E-state index contributed by atoms with van der Waals surface area (Å²) in [6.07, 6.45) is 3.25. The topological polar surface area (TPSA) is 112 Å². The average molecular weight is 345 g/mol. The zero-order valence-electron chi connectivity index (χ0n) is 13.6. The predicted molar refractivity (Wildman–Crippen MR) is 92.3 cm³/mol. The van der Waals surface area contributed by atoms with Crippen LogP contribution >= 0.6 is 0 Å². The van der Waals surface area contributed by atoms with Crippen molar-refractivity contribution in [2.45, 2.75) is 6.54 Å². The van der Waals surface area contributed by atoms with Gasteiger partial charge in [-0.3, -0.25) is 10.8 Å². The maximum Gasteiger partial charge on any atom is 0.225 e. The van der Waals surface area contributed by atoms with Crippen LogP contribution in [0.15, 0.2) is 30.6 Å². The van der Waals surface area contributed by atoms with Gasteiger partial charge in [0, 0.05) is 48.7 Å². The van der Waals surface area contributed by atoms with Gasteiger partial charge in [-0.05, 0) is 0 Å². The molecule has 0 spiro atoms. The first-order chi connectivity index (χ1) is 12.1. The summed E-state index contributed by atoms with van der Waals surface area (Å²) in [6.45, 7) is 2.99. The van der Waals surface area contributed by atoms with Crippen molar-refractivity contribution in [2.24, 2.45) is 5.73 Å². The second-order valence-electron chi connectivity index (χ2n) is 5.54. The van der Waals surface area contributed by atoms with Gasteiger partial charge in [0.25, 0.3) is 0 Å². The number of morpholine rings is 1. The van der Waals surface area contributed by atoms with Crippen molar-refractivity contribution in [3.8, 4) is 11.1 Å². The summed E-state index contributed by atoms with van der Waals surface area (Å²) in [5.41, 5.74) is 11.8. The second-order valence-corrected chi connectivity index (χ2v) is 5.54. The van der Waals surface area contributed by atoms with Crippen LogP contribution in [0.5, 0.6) is 0 Å². The summed E-state index contributed by atoms with van der Waals surface area (Å²) in [5, 5.41) is 7.08. The Bertz CT molecular complexity index is 732. The largest absolute Gasteiger partial charge is 0.378 e. The molecule has 5 N–H and O–H groups in total. The molecule has 0 aliphatic carbocycles. The van der Waals surface area contributed by atoms with E-state index in [-0.39, 0.29) is 18.3 Å². The van der Waals surface area contributed by atoms with E-state index >= 15 is 0 Å². The highest BCUT2D eigenvalue weighted by Crippen LogP contribution is 2.24. The fraction of sp³-hybridized carbons (Fsp3) is 0.312. The Morgan fingerprint density at radius 2 is 2.00 bits per heavy atom. The first-order valence-electron chi connectivity index (χ1n) is 7.90. The molecule has 1 aromatic carbocycles. The van der Waals surface area contributed by atoms with Gasteiger partial charge in [0.1, 0.15) is 5.82 Å². The third-order valence-electron chi connectivity index (χ3n) is 3.82. The van der Waals surface area contributed by atoms with Gasteiger partial charge in [-0.2, -0.15) is 0 Å². The van der Waals surface area contributed by atoms with Crippen molar-refractivity contribution in [3.05, 3.63) is 42.0 Å². The molecular weight excluding hydrogens is 325 g/mol. The Balaban J connectivity index is 1.75. The standard InChI is InChI=1S/C16H20FN7O/c17-14-11(10-22-23-15(18)19)2-1-3-13(14)12-8-20-16(21-9-12)24-4-6-25-7-5-24/h1-3,8-9,22H,4-7,10H2,(H4,18,19,23). The number of hydrogen-bond donors (Lipinski definition) is 4. The fourth-order valence-electron chi connectivity index (χ4n) is 2.56. The number of nitrogens with one attached hydrogen (secondary N) is 3. The molecule has 1 aliphatic rings. The summed E-state index contributed by atoms with van der Waals surface area (Å²) in [6, 6.07) is 5.11. The molecular formula is C16H20FN7O.